The van der Waals surface area contributed by atoms with Crippen molar-refractivity contribution >= 4 is 0 Å². The summed E-state index contributed by atoms with van der Waals surface area (Å²) in [5.74, 6) is 7.78. The molecule has 4 aliphatic rings. The van der Waals surface area contributed by atoms with E-state index < -0.39 is 0 Å². The quantitative estimate of drug-likeness (QED) is 0.187. The average Bonchev–Trinajstić information content (AvgIpc) is 2.90. The van der Waals surface area contributed by atoms with Crippen molar-refractivity contribution in [3.05, 3.63) is 23.3 Å². The third-order valence-electron chi connectivity index (χ3n) is 11.0. The third kappa shape index (κ3) is 9.85. The fraction of sp³-hybridized carbons (Fsp3) is 0.889. The van der Waals surface area contributed by atoms with Crippen molar-refractivity contribution < 1.29 is 4.74 Å². The van der Waals surface area contributed by atoms with Crippen LogP contribution in [0.4, 0.5) is 0 Å². The van der Waals surface area contributed by atoms with Crippen LogP contribution in [-0.2, 0) is 4.74 Å². The van der Waals surface area contributed by atoms with Gasteiger partial charge in [0, 0.05) is 0 Å². The van der Waals surface area contributed by atoms with Crippen molar-refractivity contribution in [1.29, 1.82) is 0 Å². The summed E-state index contributed by atoms with van der Waals surface area (Å²) in [6.07, 6.45) is 30.8. The molecule has 2 fully saturated rings. The zero-order chi connectivity index (χ0) is 26.0. The van der Waals surface area contributed by atoms with Crippen molar-refractivity contribution in [2.75, 3.05) is 13.2 Å². The number of allylic oxidation sites excluding steroid dienone is 2. The molecule has 1 nitrogen and oxygen atoms in total. The number of hydrogen-bond donors (Lipinski definition) is 0. The van der Waals surface area contributed by atoms with Gasteiger partial charge in [-0.3, -0.25) is 0 Å². The van der Waals surface area contributed by atoms with Gasteiger partial charge in [-0.25, -0.2) is 0 Å². The van der Waals surface area contributed by atoms with Gasteiger partial charge in [-0.2, -0.15) is 0 Å². The summed E-state index contributed by atoms with van der Waals surface area (Å²) in [7, 11) is 0. The van der Waals surface area contributed by atoms with Gasteiger partial charge in [0.1, 0.15) is 0 Å². The first-order valence-corrected chi connectivity index (χ1v) is 16.9. The maximum Gasteiger partial charge on any atom is 0.0503 e. The third-order valence-corrected chi connectivity index (χ3v) is 11.0. The highest BCUT2D eigenvalue weighted by Gasteiger charge is 2.30. The van der Waals surface area contributed by atoms with Crippen molar-refractivity contribution in [1.82, 2.24) is 0 Å². The fourth-order valence-electron chi connectivity index (χ4n) is 8.76. The predicted octanol–water partition coefficient (Wildman–Crippen LogP) is 10.9. The molecule has 0 heterocycles. The van der Waals surface area contributed by atoms with Crippen LogP contribution in [0.15, 0.2) is 23.3 Å². The lowest BCUT2D eigenvalue weighted by molar-refractivity contribution is 0.135. The van der Waals surface area contributed by atoms with Crippen LogP contribution in [-0.4, -0.2) is 13.2 Å². The van der Waals surface area contributed by atoms with E-state index in [1.165, 1.54) is 116 Å². The second kappa shape index (κ2) is 15.3. The molecule has 2 saturated carbocycles. The van der Waals surface area contributed by atoms with Gasteiger partial charge in [0.05, 0.1) is 13.2 Å². The minimum atomic E-state index is 0.879. The van der Waals surface area contributed by atoms with Crippen LogP contribution in [0.25, 0.3) is 0 Å². The summed E-state index contributed by atoms with van der Waals surface area (Å²) in [5, 5.41) is 0. The molecule has 2 atom stereocenters. The summed E-state index contributed by atoms with van der Waals surface area (Å²) in [4.78, 5) is 0. The molecule has 0 aromatic rings. The molecule has 0 aliphatic heterocycles. The normalized spacial score (nSPS) is 33.5. The van der Waals surface area contributed by atoms with Crippen LogP contribution >= 0.6 is 0 Å². The molecule has 0 N–H and O–H groups in total. The van der Waals surface area contributed by atoms with Crippen molar-refractivity contribution in [2.24, 2.45) is 47.3 Å². The lowest BCUT2D eigenvalue weighted by Crippen LogP contribution is -2.24. The van der Waals surface area contributed by atoms with Gasteiger partial charge in [0.2, 0.25) is 0 Å². The Kier molecular flexibility index (Phi) is 12.2. The van der Waals surface area contributed by atoms with Crippen molar-refractivity contribution in [3.63, 3.8) is 0 Å². The van der Waals surface area contributed by atoms with E-state index in [1.54, 1.807) is 11.1 Å². The molecule has 0 aromatic carbocycles. The van der Waals surface area contributed by atoms with Crippen LogP contribution in [0, 0.1) is 47.3 Å². The summed E-state index contributed by atoms with van der Waals surface area (Å²) < 4.78 is 6.13. The Morgan fingerprint density at radius 1 is 0.568 bits per heavy atom. The monoisotopic (exact) mass is 510 g/mol. The minimum absolute atomic E-state index is 0.879. The molecule has 0 spiro atoms. The molecule has 0 radical (unpaired) electrons. The molecule has 4 rings (SSSR count). The summed E-state index contributed by atoms with van der Waals surface area (Å²) in [5.41, 5.74) is 3.38. The van der Waals surface area contributed by atoms with Crippen LogP contribution in [0.3, 0.4) is 0 Å². The molecular formula is C36H62O. The molecule has 0 saturated heterocycles. The van der Waals surface area contributed by atoms with Gasteiger partial charge in [-0.15, -0.1) is 0 Å². The second-order valence-corrected chi connectivity index (χ2v) is 14.7. The van der Waals surface area contributed by atoms with Crippen LogP contribution < -0.4 is 0 Å². The summed E-state index contributed by atoms with van der Waals surface area (Å²) in [6, 6.07) is 0. The zero-order valence-electron chi connectivity index (χ0n) is 25.3. The maximum absolute atomic E-state index is 6.13. The second-order valence-electron chi connectivity index (χ2n) is 14.7. The molecular weight excluding hydrogens is 448 g/mol. The minimum Gasteiger partial charge on any atom is -0.381 e. The van der Waals surface area contributed by atoms with E-state index in [1.807, 2.05) is 0 Å². The molecule has 0 bridgehead atoms. The fourth-order valence-corrected chi connectivity index (χ4v) is 8.76. The number of hydrogen-bond acceptors (Lipinski definition) is 1. The van der Waals surface area contributed by atoms with Crippen LogP contribution in [0.2, 0.25) is 0 Å². The van der Waals surface area contributed by atoms with E-state index >= 15 is 0 Å². The SMILES string of the molecule is CC(C)CC1CCC(C2CC=C(CCOCCC3=CCC(C4CCC(CC(C)C)CC4)CC3)CC2)CC1. The van der Waals surface area contributed by atoms with E-state index in [0.717, 1.165) is 60.6 Å². The van der Waals surface area contributed by atoms with Crippen LogP contribution in [0.5, 0.6) is 0 Å². The molecule has 0 aromatic heterocycles. The Labute approximate surface area is 231 Å². The first kappa shape index (κ1) is 29.4. The number of ether oxygens (including phenoxy) is 1. The molecule has 2 unspecified atom stereocenters. The standard InChI is InChI=1S/C36H62O/c1-27(2)25-31-9-17-35(18-10-31)33-13-5-29(6-14-33)21-23-37-24-22-30-7-15-34(16-8-30)36-19-11-32(12-20-36)26-28(3)4/h5,7,27-28,31-36H,6,8-26H2,1-4H3. The molecule has 212 valence electrons. The van der Waals surface area contributed by atoms with Gasteiger partial charge in [-0.05, 0) is 137 Å². The van der Waals surface area contributed by atoms with Gasteiger partial charge >= 0.3 is 0 Å². The first-order valence-electron chi connectivity index (χ1n) is 16.9. The lowest BCUT2D eigenvalue weighted by Gasteiger charge is -2.36. The zero-order valence-corrected chi connectivity index (χ0v) is 25.3. The summed E-state index contributed by atoms with van der Waals surface area (Å²) in [6.45, 7) is 11.5. The molecule has 4 aliphatic carbocycles. The van der Waals surface area contributed by atoms with E-state index in [2.05, 4.69) is 39.8 Å². The van der Waals surface area contributed by atoms with Gasteiger partial charge in [-0.1, -0.05) is 76.7 Å². The Morgan fingerprint density at radius 2 is 0.973 bits per heavy atom. The molecule has 37 heavy (non-hydrogen) atoms. The Hall–Kier alpha value is -0.560. The maximum atomic E-state index is 6.13. The summed E-state index contributed by atoms with van der Waals surface area (Å²) >= 11 is 0. The molecule has 1 heteroatoms. The van der Waals surface area contributed by atoms with Gasteiger partial charge in [0.25, 0.3) is 0 Å². The predicted molar refractivity (Wildman–Crippen MR) is 161 cm³/mol. The van der Waals surface area contributed by atoms with Gasteiger partial charge < -0.3 is 4.74 Å². The van der Waals surface area contributed by atoms with Crippen LogP contribution in [0.1, 0.15) is 143 Å². The average molecular weight is 511 g/mol. The Bertz CT molecular complexity index is 638. The Balaban J connectivity index is 1.04. The van der Waals surface area contributed by atoms with E-state index in [4.69, 9.17) is 4.74 Å². The highest BCUT2D eigenvalue weighted by atomic mass is 16.5. The highest BCUT2D eigenvalue weighted by Crippen LogP contribution is 2.42. The first-order chi connectivity index (χ1) is 18.0. The van der Waals surface area contributed by atoms with Crippen molar-refractivity contribution in [3.8, 4) is 0 Å². The van der Waals surface area contributed by atoms with E-state index in [-0.39, 0.29) is 0 Å². The Morgan fingerprint density at radius 3 is 1.30 bits per heavy atom. The van der Waals surface area contributed by atoms with E-state index in [9.17, 15) is 0 Å². The number of rotatable bonds is 12. The highest BCUT2D eigenvalue weighted by molar-refractivity contribution is 5.08. The van der Waals surface area contributed by atoms with Gasteiger partial charge in [0.15, 0.2) is 0 Å². The lowest BCUT2D eigenvalue weighted by atomic mass is 9.70. The smallest absolute Gasteiger partial charge is 0.0503 e. The molecule has 0 amide bonds. The van der Waals surface area contributed by atoms with Crippen molar-refractivity contribution in [2.45, 2.75) is 143 Å². The largest absolute Gasteiger partial charge is 0.381 e. The topological polar surface area (TPSA) is 9.23 Å². The van der Waals surface area contributed by atoms with E-state index in [0.29, 0.717) is 0 Å².